The average molecular weight is 393 g/mol. The Morgan fingerprint density at radius 1 is 1.03 bits per heavy atom. The van der Waals surface area contributed by atoms with Gasteiger partial charge in [-0.3, -0.25) is 14.7 Å². The van der Waals surface area contributed by atoms with Crippen molar-refractivity contribution in [2.45, 2.75) is 57.0 Å². The fourth-order valence-electron chi connectivity index (χ4n) is 4.84. The molecule has 0 amide bonds. The molecule has 0 bridgehead atoms. The van der Waals surface area contributed by atoms with Crippen LogP contribution in [0.3, 0.4) is 0 Å². The van der Waals surface area contributed by atoms with Crippen molar-refractivity contribution in [2.75, 3.05) is 18.4 Å². The Hall–Kier alpha value is -2.67. The molecule has 29 heavy (non-hydrogen) atoms. The van der Waals surface area contributed by atoms with E-state index in [0.29, 0.717) is 23.0 Å². The van der Waals surface area contributed by atoms with Gasteiger partial charge in [0.25, 0.3) is 5.56 Å². The van der Waals surface area contributed by atoms with Crippen LogP contribution < -0.4 is 10.9 Å². The molecule has 1 saturated heterocycles. The van der Waals surface area contributed by atoms with Gasteiger partial charge in [-0.2, -0.15) is 10.1 Å². The topological polar surface area (TPSA) is 78.8 Å². The van der Waals surface area contributed by atoms with Crippen molar-refractivity contribution in [1.82, 2.24) is 24.6 Å². The van der Waals surface area contributed by atoms with Crippen LogP contribution in [0.5, 0.6) is 0 Å². The Labute approximate surface area is 170 Å². The highest BCUT2D eigenvalue weighted by Crippen LogP contribution is 2.26. The van der Waals surface area contributed by atoms with Crippen LogP contribution in [-0.4, -0.2) is 49.8 Å². The van der Waals surface area contributed by atoms with E-state index in [2.05, 4.69) is 20.3 Å². The normalized spacial score (nSPS) is 21.4. The van der Waals surface area contributed by atoms with Gasteiger partial charge in [0, 0.05) is 18.6 Å². The highest BCUT2D eigenvalue weighted by atomic mass is 16.1. The zero-order chi connectivity index (χ0) is 19.6. The molecule has 1 atom stereocenters. The SMILES string of the molecule is O=c1[nH]c(NC2CCCN(C3CCCCC3)C2)nc2c1cnn2-c1ccccc1. The first-order chi connectivity index (χ1) is 14.3. The number of rotatable bonds is 4. The maximum absolute atomic E-state index is 12.6. The quantitative estimate of drug-likeness (QED) is 0.712. The summed E-state index contributed by atoms with van der Waals surface area (Å²) in [5, 5.41) is 8.39. The molecule has 2 aliphatic rings. The molecule has 5 rings (SSSR count). The Morgan fingerprint density at radius 2 is 1.86 bits per heavy atom. The Balaban J connectivity index is 1.38. The first-order valence-corrected chi connectivity index (χ1v) is 10.8. The molecular formula is C22H28N6O. The third-order valence-corrected chi connectivity index (χ3v) is 6.32. The molecule has 2 aromatic heterocycles. The van der Waals surface area contributed by atoms with Crippen LogP contribution in [-0.2, 0) is 0 Å². The average Bonchev–Trinajstić information content (AvgIpc) is 3.20. The number of nitrogens with zero attached hydrogens (tertiary/aromatic N) is 4. The van der Waals surface area contributed by atoms with Crippen LogP contribution in [0.4, 0.5) is 5.95 Å². The summed E-state index contributed by atoms with van der Waals surface area (Å²) in [5.41, 5.74) is 1.33. The summed E-state index contributed by atoms with van der Waals surface area (Å²) in [6.45, 7) is 2.21. The van der Waals surface area contributed by atoms with Crippen molar-refractivity contribution >= 4 is 17.0 Å². The molecule has 2 N–H and O–H groups in total. The van der Waals surface area contributed by atoms with Crippen molar-refractivity contribution in [3.05, 3.63) is 46.9 Å². The van der Waals surface area contributed by atoms with E-state index >= 15 is 0 Å². The van der Waals surface area contributed by atoms with Gasteiger partial charge in [0.1, 0.15) is 5.39 Å². The summed E-state index contributed by atoms with van der Waals surface area (Å²) >= 11 is 0. The number of nitrogens with one attached hydrogen (secondary N) is 2. The summed E-state index contributed by atoms with van der Waals surface area (Å²) in [6, 6.07) is 10.8. The fraction of sp³-hybridized carbons (Fsp3) is 0.500. The van der Waals surface area contributed by atoms with Crippen LogP contribution in [0.1, 0.15) is 44.9 Å². The molecule has 1 aliphatic heterocycles. The van der Waals surface area contributed by atoms with E-state index in [1.54, 1.807) is 10.9 Å². The minimum atomic E-state index is -0.153. The highest BCUT2D eigenvalue weighted by molar-refractivity contribution is 5.76. The first-order valence-electron chi connectivity index (χ1n) is 10.8. The number of hydrogen-bond acceptors (Lipinski definition) is 5. The van der Waals surface area contributed by atoms with E-state index in [0.717, 1.165) is 24.7 Å². The van der Waals surface area contributed by atoms with Gasteiger partial charge in [0.05, 0.1) is 11.9 Å². The van der Waals surface area contributed by atoms with Crippen LogP contribution in [0.15, 0.2) is 41.3 Å². The lowest BCUT2D eigenvalue weighted by molar-refractivity contribution is 0.124. The molecule has 0 spiro atoms. The molecule has 1 aromatic carbocycles. The zero-order valence-corrected chi connectivity index (χ0v) is 16.7. The molecule has 3 heterocycles. The molecular weight excluding hydrogens is 364 g/mol. The molecule has 7 heteroatoms. The maximum atomic E-state index is 12.6. The van der Waals surface area contributed by atoms with E-state index in [-0.39, 0.29) is 5.56 Å². The van der Waals surface area contributed by atoms with Gasteiger partial charge >= 0.3 is 0 Å². The number of piperidine rings is 1. The third kappa shape index (κ3) is 3.79. The first kappa shape index (κ1) is 18.4. The summed E-state index contributed by atoms with van der Waals surface area (Å²) in [7, 11) is 0. The van der Waals surface area contributed by atoms with E-state index in [9.17, 15) is 4.79 Å². The fourth-order valence-corrected chi connectivity index (χ4v) is 4.84. The lowest BCUT2D eigenvalue weighted by atomic mass is 9.92. The van der Waals surface area contributed by atoms with Crippen molar-refractivity contribution in [2.24, 2.45) is 0 Å². The standard InChI is InChI=1S/C22H28N6O/c29-21-19-14-23-28(18-11-5-2-6-12-18)20(19)25-22(26-21)24-16-8-7-13-27(15-16)17-9-3-1-4-10-17/h2,5-6,11-12,14,16-17H,1,3-4,7-10,13,15H2,(H2,24,25,26,29). The number of likely N-dealkylation sites (tertiary alicyclic amines) is 1. The number of fused-ring (bicyclic) bond motifs is 1. The van der Waals surface area contributed by atoms with Gasteiger partial charge < -0.3 is 5.32 Å². The monoisotopic (exact) mass is 392 g/mol. The number of aromatic nitrogens is 4. The van der Waals surface area contributed by atoms with Crippen molar-refractivity contribution in [1.29, 1.82) is 0 Å². The summed E-state index contributed by atoms with van der Waals surface area (Å²) in [6.07, 6.45) is 10.6. The molecule has 152 valence electrons. The number of H-pyrrole nitrogens is 1. The van der Waals surface area contributed by atoms with Gasteiger partial charge in [0.2, 0.25) is 5.95 Å². The maximum Gasteiger partial charge on any atom is 0.263 e. The number of hydrogen-bond donors (Lipinski definition) is 2. The van der Waals surface area contributed by atoms with Crippen LogP contribution in [0, 0.1) is 0 Å². The predicted octanol–water partition coefficient (Wildman–Crippen LogP) is 3.32. The van der Waals surface area contributed by atoms with Gasteiger partial charge in [-0.1, -0.05) is 37.5 Å². The van der Waals surface area contributed by atoms with Gasteiger partial charge in [-0.05, 0) is 44.4 Å². The molecule has 0 radical (unpaired) electrons. The molecule has 1 unspecified atom stereocenters. The second-order valence-corrected chi connectivity index (χ2v) is 8.31. The molecule has 3 aromatic rings. The van der Waals surface area contributed by atoms with Crippen molar-refractivity contribution in [3.63, 3.8) is 0 Å². The Morgan fingerprint density at radius 3 is 2.69 bits per heavy atom. The Bertz CT molecular complexity index is 1020. The minimum absolute atomic E-state index is 0.153. The molecule has 1 aliphatic carbocycles. The molecule has 1 saturated carbocycles. The van der Waals surface area contributed by atoms with Gasteiger partial charge in [-0.25, -0.2) is 4.68 Å². The number of anilines is 1. The Kier molecular flexibility index (Phi) is 5.06. The smallest absolute Gasteiger partial charge is 0.263 e. The van der Waals surface area contributed by atoms with E-state index < -0.39 is 0 Å². The minimum Gasteiger partial charge on any atom is -0.352 e. The number of para-hydroxylation sites is 1. The number of benzene rings is 1. The summed E-state index contributed by atoms with van der Waals surface area (Å²) in [5.74, 6) is 0.538. The lowest BCUT2D eigenvalue weighted by Gasteiger charge is -2.40. The van der Waals surface area contributed by atoms with Crippen molar-refractivity contribution < 1.29 is 0 Å². The van der Waals surface area contributed by atoms with Crippen LogP contribution >= 0.6 is 0 Å². The van der Waals surface area contributed by atoms with Crippen molar-refractivity contribution in [3.8, 4) is 5.69 Å². The van der Waals surface area contributed by atoms with Crippen LogP contribution in [0.2, 0.25) is 0 Å². The molecule has 2 fully saturated rings. The van der Waals surface area contributed by atoms with E-state index in [1.165, 1.54) is 45.1 Å². The summed E-state index contributed by atoms with van der Waals surface area (Å²) < 4.78 is 1.73. The summed E-state index contributed by atoms with van der Waals surface area (Å²) in [4.78, 5) is 22.9. The molecule has 7 nitrogen and oxygen atoms in total. The lowest BCUT2D eigenvalue weighted by Crippen LogP contribution is -2.48. The number of aromatic amines is 1. The zero-order valence-electron chi connectivity index (χ0n) is 16.7. The van der Waals surface area contributed by atoms with Crippen LogP contribution in [0.25, 0.3) is 16.7 Å². The van der Waals surface area contributed by atoms with Gasteiger partial charge in [-0.15, -0.1) is 0 Å². The highest BCUT2D eigenvalue weighted by Gasteiger charge is 2.27. The second-order valence-electron chi connectivity index (χ2n) is 8.31. The predicted molar refractivity (Wildman–Crippen MR) is 115 cm³/mol. The van der Waals surface area contributed by atoms with E-state index in [4.69, 9.17) is 4.98 Å². The second kappa shape index (κ2) is 7.99. The van der Waals surface area contributed by atoms with Gasteiger partial charge in [0.15, 0.2) is 5.65 Å². The van der Waals surface area contributed by atoms with E-state index in [1.807, 2.05) is 30.3 Å². The third-order valence-electron chi connectivity index (χ3n) is 6.32. The largest absolute Gasteiger partial charge is 0.352 e.